The average Bonchev–Trinajstić information content (AvgIpc) is 2.36. The maximum Gasteiger partial charge on any atom is 0.441 e. The van der Waals surface area contributed by atoms with Gasteiger partial charge in [0.05, 0.1) is 0 Å². The van der Waals surface area contributed by atoms with Crippen molar-refractivity contribution in [3.8, 4) is 0 Å². The molecule has 0 heterocycles. The van der Waals surface area contributed by atoms with Crippen molar-refractivity contribution in [1.29, 1.82) is 0 Å². The van der Waals surface area contributed by atoms with E-state index in [2.05, 4.69) is 21.2 Å². The number of halogens is 4. The average molecular weight is 350 g/mol. The van der Waals surface area contributed by atoms with Crippen molar-refractivity contribution in [3.63, 3.8) is 0 Å². The molecule has 0 bridgehead atoms. The third kappa shape index (κ3) is 4.04. The molecule has 1 N–H and O–H groups in total. The first-order chi connectivity index (χ1) is 8.97. The van der Waals surface area contributed by atoms with Crippen molar-refractivity contribution in [2.24, 2.45) is 0 Å². The van der Waals surface area contributed by atoms with Gasteiger partial charge in [-0.3, -0.25) is 0 Å². The molecular formula is C13H11BrF3NS. The molecule has 0 aliphatic heterocycles. The first-order valence-electron chi connectivity index (χ1n) is 5.59. The zero-order chi connectivity index (χ0) is 13.9. The highest BCUT2D eigenvalue weighted by Crippen LogP contribution is 2.31. The molecule has 0 unspecified atom stereocenters. The van der Waals surface area contributed by atoms with Crippen LogP contribution in [-0.2, 0) is 0 Å². The zero-order valence-corrected chi connectivity index (χ0v) is 12.2. The Balaban J connectivity index is 2.07. The first kappa shape index (κ1) is 14.5. The summed E-state index contributed by atoms with van der Waals surface area (Å²) in [5.74, 6) is -0.00606. The number of rotatable bonds is 4. The van der Waals surface area contributed by atoms with Gasteiger partial charge in [-0.2, -0.15) is 13.2 Å². The van der Waals surface area contributed by atoms with Gasteiger partial charge in [-0.25, -0.2) is 0 Å². The Bertz CT molecular complexity index is 571. The minimum Gasteiger partial charge on any atom is -0.384 e. The van der Waals surface area contributed by atoms with E-state index in [1.54, 1.807) is 0 Å². The lowest BCUT2D eigenvalue weighted by molar-refractivity contribution is -0.0327. The van der Waals surface area contributed by atoms with Crippen LogP contribution in [0.5, 0.6) is 0 Å². The Morgan fingerprint density at radius 2 is 1.74 bits per heavy atom. The highest BCUT2D eigenvalue weighted by Gasteiger charge is 2.27. The fourth-order valence-corrected chi connectivity index (χ4v) is 2.68. The van der Waals surface area contributed by atoms with Gasteiger partial charge in [-0.05, 0) is 29.3 Å². The molecule has 1 nitrogen and oxygen atoms in total. The molecule has 0 saturated carbocycles. The molecule has 102 valence electrons. The molecule has 0 aliphatic carbocycles. The van der Waals surface area contributed by atoms with Gasteiger partial charge >= 0.3 is 5.51 Å². The van der Waals surface area contributed by atoms with Crippen LogP contribution >= 0.6 is 27.7 Å². The molecule has 0 spiro atoms. The Morgan fingerprint density at radius 3 is 2.42 bits per heavy atom. The molecule has 0 radical (unpaired) electrons. The van der Waals surface area contributed by atoms with Crippen LogP contribution in [-0.4, -0.2) is 17.8 Å². The Hall–Kier alpha value is -0.880. The van der Waals surface area contributed by atoms with Crippen LogP contribution in [0.4, 0.5) is 18.9 Å². The summed E-state index contributed by atoms with van der Waals surface area (Å²) in [5, 5.41) is 5.08. The van der Waals surface area contributed by atoms with E-state index in [9.17, 15) is 13.2 Å². The lowest BCUT2D eigenvalue weighted by Gasteiger charge is -2.11. The zero-order valence-electron chi connectivity index (χ0n) is 9.80. The predicted molar refractivity (Wildman–Crippen MR) is 78.7 cm³/mol. The van der Waals surface area contributed by atoms with E-state index in [0.29, 0.717) is 0 Å². The largest absolute Gasteiger partial charge is 0.441 e. The highest BCUT2D eigenvalue weighted by molar-refractivity contribution is 9.10. The number of hydrogen-bond donors (Lipinski definition) is 1. The van der Waals surface area contributed by atoms with E-state index in [1.165, 1.54) is 0 Å². The van der Waals surface area contributed by atoms with E-state index in [1.807, 2.05) is 36.4 Å². The van der Waals surface area contributed by atoms with Gasteiger partial charge in [0.2, 0.25) is 0 Å². The molecule has 2 aromatic carbocycles. The maximum absolute atomic E-state index is 12.0. The molecule has 0 aliphatic rings. The van der Waals surface area contributed by atoms with Crippen LogP contribution in [0.15, 0.2) is 40.9 Å². The minimum atomic E-state index is -4.16. The number of nitrogens with one attached hydrogen (secondary N) is 1. The second-order valence-electron chi connectivity index (χ2n) is 3.86. The van der Waals surface area contributed by atoms with Gasteiger partial charge in [0, 0.05) is 27.8 Å². The molecule has 6 heteroatoms. The highest BCUT2D eigenvalue weighted by atomic mass is 79.9. The van der Waals surface area contributed by atoms with Crippen LogP contribution in [0.3, 0.4) is 0 Å². The monoisotopic (exact) mass is 349 g/mol. The van der Waals surface area contributed by atoms with Gasteiger partial charge in [0.1, 0.15) is 0 Å². The molecule has 0 atom stereocenters. The van der Waals surface area contributed by atoms with Crippen molar-refractivity contribution in [3.05, 3.63) is 40.9 Å². The van der Waals surface area contributed by atoms with Gasteiger partial charge in [0.25, 0.3) is 0 Å². The summed E-state index contributed by atoms with van der Waals surface area (Å²) in [7, 11) is 0. The summed E-state index contributed by atoms with van der Waals surface area (Å²) in [5.41, 5.74) is -3.31. The Morgan fingerprint density at radius 1 is 1.05 bits per heavy atom. The third-order valence-electron chi connectivity index (χ3n) is 2.55. The van der Waals surface area contributed by atoms with E-state index in [-0.39, 0.29) is 24.1 Å². The summed E-state index contributed by atoms with van der Waals surface area (Å²) in [4.78, 5) is 0. The molecule has 0 amide bonds. The van der Waals surface area contributed by atoms with Gasteiger partial charge in [0.15, 0.2) is 0 Å². The van der Waals surface area contributed by atoms with Gasteiger partial charge < -0.3 is 5.32 Å². The van der Waals surface area contributed by atoms with Gasteiger partial charge in [-0.15, -0.1) is 0 Å². The molecular weight excluding hydrogens is 339 g/mol. The second-order valence-corrected chi connectivity index (χ2v) is 5.88. The molecule has 0 fully saturated rings. The summed E-state index contributed by atoms with van der Waals surface area (Å²) in [6.07, 6.45) is 0. The molecule has 19 heavy (non-hydrogen) atoms. The minimum absolute atomic E-state index is 0.00606. The Labute approximate surface area is 121 Å². The summed E-state index contributed by atoms with van der Waals surface area (Å²) in [6, 6.07) is 11.5. The number of thioether (sulfide) groups is 1. The third-order valence-corrected chi connectivity index (χ3v) is 3.98. The van der Waals surface area contributed by atoms with E-state index < -0.39 is 5.51 Å². The summed E-state index contributed by atoms with van der Waals surface area (Å²) < 4.78 is 37.0. The first-order valence-corrected chi connectivity index (χ1v) is 7.37. The van der Waals surface area contributed by atoms with Gasteiger partial charge in [-0.1, -0.05) is 40.2 Å². The van der Waals surface area contributed by atoms with Crippen LogP contribution in [0, 0.1) is 0 Å². The maximum atomic E-state index is 12.0. The summed E-state index contributed by atoms with van der Waals surface area (Å²) >= 11 is 3.45. The number of alkyl halides is 3. The van der Waals surface area contributed by atoms with Crippen molar-refractivity contribution in [2.75, 3.05) is 17.6 Å². The van der Waals surface area contributed by atoms with Crippen molar-refractivity contribution >= 4 is 44.2 Å². The second kappa shape index (κ2) is 6.05. The topological polar surface area (TPSA) is 12.0 Å². The number of anilines is 1. The van der Waals surface area contributed by atoms with E-state index >= 15 is 0 Å². The smallest absolute Gasteiger partial charge is 0.384 e. The van der Waals surface area contributed by atoms with Crippen LogP contribution in [0.2, 0.25) is 0 Å². The van der Waals surface area contributed by atoms with Crippen LogP contribution in [0.1, 0.15) is 0 Å². The fraction of sp³-hybridized carbons (Fsp3) is 0.231. The quantitative estimate of drug-likeness (QED) is 0.754. The van der Waals surface area contributed by atoms with Crippen LogP contribution < -0.4 is 5.32 Å². The van der Waals surface area contributed by atoms with E-state index in [0.717, 1.165) is 20.9 Å². The van der Waals surface area contributed by atoms with Crippen molar-refractivity contribution in [1.82, 2.24) is 0 Å². The molecule has 0 saturated heterocycles. The van der Waals surface area contributed by atoms with Crippen LogP contribution in [0.25, 0.3) is 10.8 Å². The van der Waals surface area contributed by atoms with E-state index in [4.69, 9.17) is 0 Å². The summed E-state index contributed by atoms with van der Waals surface area (Å²) in [6.45, 7) is 0.274. The molecule has 0 aromatic heterocycles. The molecule has 2 aromatic rings. The lowest BCUT2D eigenvalue weighted by Crippen LogP contribution is -2.09. The number of fused-ring (bicyclic) bond motifs is 1. The number of hydrogen-bond acceptors (Lipinski definition) is 2. The normalized spacial score (nSPS) is 11.8. The SMILES string of the molecule is FC(F)(F)SCCNc1ccc(Br)c2ccccc12. The standard InChI is InChI=1S/C13H11BrF3NS/c14-11-5-6-12(10-4-2-1-3-9(10)11)18-7-8-19-13(15,16)17/h1-6,18H,7-8H2. The Kier molecular flexibility index (Phi) is 4.62. The lowest BCUT2D eigenvalue weighted by atomic mass is 10.1. The number of benzene rings is 2. The fourth-order valence-electron chi connectivity index (χ4n) is 1.77. The van der Waals surface area contributed by atoms with Crippen molar-refractivity contribution < 1.29 is 13.2 Å². The van der Waals surface area contributed by atoms with Crippen molar-refractivity contribution in [2.45, 2.75) is 5.51 Å². The predicted octanol–water partition coefficient (Wildman–Crippen LogP) is 5.27. The molecule has 2 rings (SSSR count).